The summed E-state index contributed by atoms with van der Waals surface area (Å²) in [5.41, 5.74) is 8.08. The fourth-order valence-electron chi connectivity index (χ4n) is 3.63. The third-order valence-electron chi connectivity index (χ3n) is 5.35. The van der Waals surface area contributed by atoms with Crippen LogP contribution in [-0.4, -0.2) is 28.0 Å². The summed E-state index contributed by atoms with van der Waals surface area (Å²) >= 11 is 6.05. The van der Waals surface area contributed by atoms with Crippen LogP contribution in [0.5, 0.6) is 5.75 Å². The van der Waals surface area contributed by atoms with E-state index >= 15 is 0 Å². The lowest BCUT2D eigenvalue weighted by Gasteiger charge is -2.22. The highest BCUT2D eigenvalue weighted by atomic mass is 35.5. The van der Waals surface area contributed by atoms with Gasteiger partial charge >= 0.3 is 0 Å². The minimum Gasteiger partial charge on any atom is -0.507 e. The zero-order chi connectivity index (χ0) is 22.5. The van der Waals surface area contributed by atoms with Crippen molar-refractivity contribution < 1.29 is 14.2 Å². The number of benzene rings is 1. The van der Waals surface area contributed by atoms with Gasteiger partial charge in [0.1, 0.15) is 23.4 Å². The lowest BCUT2D eigenvalue weighted by Crippen LogP contribution is -2.29. The zero-order valence-corrected chi connectivity index (χ0v) is 18.5. The predicted molar refractivity (Wildman–Crippen MR) is 121 cm³/mol. The van der Waals surface area contributed by atoms with Crippen molar-refractivity contribution in [1.29, 1.82) is 0 Å². The monoisotopic (exact) mass is 446 g/mol. The summed E-state index contributed by atoms with van der Waals surface area (Å²) in [7, 11) is 0. The number of halogens is 2. The second-order valence-corrected chi connectivity index (χ2v) is 7.90. The number of nitrogens with two attached hydrogens (primary N) is 1. The molecule has 0 radical (unpaired) electrons. The zero-order valence-electron chi connectivity index (χ0n) is 17.7. The van der Waals surface area contributed by atoms with Gasteiger partial charge in [-0.1, -0.05) is 24.3 Å². The molecule has 166 valence electrons. The first-order valence-electron chi connectivity index (χ1n) is 10.2. The number of phenols is 1. The average molecular weight is 447 g/mol. The number of aromatic nitrogens is 2. The van der Waals surface area contributed by atoms with E-state index in [-0.39, 0.29) is 22.0 Å². The van der Waals surface area contributed by atoms with Crippen LogP contribution in [0, 0.1) is 5.82 Å². The summed E-state index contributed by atoms with van der Waals surface area (Å²) in [4.78, 5) is 0. The Morgan fingerprint density at radius 1 is 1.45 bits per heavy atom. The van der Waals surface area contributed by atoms with Crippen LogP contribution in [0.25, 0.3) is 5.57 Å². The minimum absolute atomic E-state index is 0.148. The molecule has 0 aliphatic carbocycles. The van der Waals surface area contributed by atoms with Crippen LogP contribution < -0.4 is 11.1 Å². The van der Waals surface area contributed by atoms with Gasteiger partial charge in [0.25, 0.3) is 0 Å². The van der Waals surface area contributed by atoms with E-state index in [4.69, 9.17) is 22.1 Å². The second-order valence-electron chi connectivity index (χ2n) is 7.52. The molecular weight excluding hydrogens is 419 g/mol. The predicted octanol–water partition coefficient (Wildman–Crippen LogP) is 4.84. The Kier molecular flexibility index (Phi) is 7.41. The molecule has 1 atom stereocenters. The molecule has 4 N–H and O–H groups in total. The standard InChI is InChI=1S/C23H28ClFN4O2/c1-4-16(17-12-28-29(13-17)18-7-9-27-10-8-18)11-21(14(2)26)31-15(3)22-20(30)6-5-19(25)23(22)24/h4-6,11-13,15,18,27,30H,2,7-10,26H2,1,3H3/b16-4+,21-11+. The number of rotatable bonds is 7. The van der Waals surface area contributed by atoms with E-state index in [1.807, 2.05) is 30.1 Å². The van der Waals surface area contributed by atoms with E-state index in [1.54, 1.807) is 13.0 Å². The molecule has 1 fully saturated rings. The van der Waals surface area contributed by atoms with E-state index in [1.165, 1.54) is 6.07 Å². The first kappa shape index (κ1) is 22.9. The molecule has 1 aliphatic heterocycles. The number of phenolic OH excluding ortho intramolecular Hbond substituents is 1. The van der Waals surface area contributed by atoms with E-state index in [0.717, 1.165) is 43.1 Å². The summed E-state index contributed by atoms with van der Waals surface area (Å²) in [6.45, 7) is 9.31. The van der Waals surface area contributed by atoms with Gasteiger partial charge in [0.15, 0.2) is 0 Å². The third kappa shape index (κ3) is 5.29. The van der Waals surface area contributed by atoms with Crippen molar-refractivity contribution >= 4 is 17.2 Å². The first-order valence-corrected chi connectivity index (χ1v) is 10.6. The molecule has 0 amide bonds. The van der Waals surface area contributed by atoms with Gasteiger partial charge in [-0.15, -0.1) is 0 Å². The summed E-state index contributed by atoms with van der Waals surface area (Å²) in [5.74, 6) is -0.494. The molecule has 0 saturated carbocycles. The third-order valence-corrected chi connectivity index (χ3v) is 5.74. The van der Waals surface area contributed by atoms with Crippen molar-refractivity contribution in [3.63, 3.8) is 0 Å². The summed E-state index contributed by atoms with van der Waals surface area (Å²) in [6.07, 6.45) is 8.81. The van der Waals surface area contributed by atoms with Crippen molar-refractivity contribution in [2.45, 2.75) is 38.8 Å². The van der Waals surface area contributed by atoms with Gasteiger partial charge in [0.2, 0.25) is 0 Å². The molecule has 1 unspecified atom stereocenters. The number of nitrogens with zero attached hydrogens (tertiary/aromatic N) is 2. The molecule has 2 heterocycles. The van der Waals surface area contributed by atoms with E-state index in [2.05, 4.69) is 17.0 Å². The van der Waals surface area contributed by atoms with Gasteiger partial charge in [-0.25, -0.2) is 4.39 Å². The molecule has 1 aromatic heterocycles. The summed E-state index contributed by atoms with van der Waals surface area (Å²) in [6, 6.07) is 2.71. The van der Waals surface area contributed by atoms with Crippen molar-refractivity contribution in [2.75, 3.05) is 13.1 Å². The van der Waals surface area contributed by atoms with Crippen LogP contribution >= 0.6 is 11.6 Å². The van der Waals surface area contributed by atoms with Crippen molar-refractivity contribution in [3.8, 4) is 5.75 Å². The molecule has 1 aliphatic rings. The Hall–Kier alpha value is -2.77. The van der Waals surface area contributed by atoms with Crippen LogP contribution in [0.4, 0.5) is 4.39 Å². The average Bonchev–Trinajstić information content (AvgIpc) is 3.24. The van der Waals surface area contributed by atoms with Crippen LogP contribution in [0.15, 0.2) is 54.7 Å². The van der Waals surface area contributed by atoms with Gasteiger partial charge in [-0.05, 0) is 63.6 Å². The Labute approximate surface area is 186 Å². The van der Waals surface area contributed by atoms with Gasteiger partial charge in [0.05, 0.1) is 28.5 Å². The number of aromatic hydroxyl groups is 1. The lowest BCUT2D eigenvalue weighted by atomic mass is 10.1. The molecule has 6 nitrogen and oxygen atoms in total. The number of ether oxygens (including phenoxy) is 1. The van der Waals surface area contributed by atoms with E-state index in [9.17, 15) is 9.50 Å². The topological polar surface area (TPSA) is 85.3 Å². The van der Waals surface area contributed by atoms with Crippen LogP contribution in [0.2, 0.25) is 5.02 Å². The number of piperidine rings is 1. The molecule has 8 heteroatoms. The van der Waals surface area contributed by atoms with Gasteiger partial charge in [0, 0.05) is 11.8 Å². The Bertz CT molecular complexity index is 1010. The number of hydrogen-bond donors (Lipinski definition) is 3. The molecule has 1 saturated heterocycles. The Morgan fingerprint density at radius 3 is 2.81 bits per heavy atom. The maximum atomic E-state index is 13.9. The number of hydrogen-bond acceptors (Lipinski definition) is 5. The van der Waals surface area contributed by atoms with E-state index in [0.29, 0.717) is 11.8 Å². The number of nitrogens with one attached hydrogen (secondary N) is 1. The van der Waals surface area contributed by atoms with Gasteiger partial charge in [-0.2, -0.15) is 5.10 Å². The van der Waals surface area contributed by atoms with Gasteiger partial charge in [-0.3, -0.25) is 4.68 Å². The first-order chi connectivity index (χ1) is 14.8. The largest absolute Gasteiger partial charge is 0.507 e. The number of allylic oxidation sites excluding steroid dienone is 3. The SMILES string of the molecule is C=C(N)/C(=C\C(=C/C)c1cnn(C2CCNCC2)c1)OC(C)c1c(O)ccc(F)c1Cl. The van der Waals surface area contributed by atoms with Crippen LogP contribution in [0.3, 0.4) is 0 Å². The van der Waals surface area contributed by atoms with E-state index < -0.39 is 11.9 Å². The summed E-state index contributed by atoms with van der Waals surface area (Å²) in [5, 5.41) is 17.8. The smallest absolute Gasteiger partial charge is 0.143 e. The van der Waals surface area contributed by atoms with Crippen LogP contribution in [0.1, 0.15) is 50.0 Å². The van der Waals surface area contributed by atoms with Crippen LogP contribution in [-0.2, 0) is 4.74 Å². The molecule has 1 aromatic carbocycles. The van der Waals surface area contributed by atoms with Crippen molar-refractivity contribution in [2.24, 2.45) is 5.73 Å². The fourth-order valence-corrected chi connectivity index (χ4v) is 3.94. The summed E-state index contributed by atoms with van der Waals surface area (Å²) < 4.78 is 21.8. The van der Waals surface area contributed by atoms with Crippen molar-refractivity contribution in [3.05, 3.63) is 76.7 Å². The fraction of sp³-hybridized carbons (Fsp3) is 0.348. The lowest BCUT2D eigenvalue weighted by molar-refractivity contribution is 0.136. The maximum Gasteiger partial charge on any atom is 0.143 e. The molecule has 3 rings (SSSR count). The molecule has 31 heavy (non-hydrogen) atoms. The highest BCUT2D eigenvalue weighted by Gasteiger charge is 2.21. The molecule has 0 spiro atoms. The molecule has 2 aromatic rings. The molecular formula is C23H28ClFN4O2. The minimum atomic E-state index is -0.759. The Morgan fingerprint density at radius 2 is 2.16 bits per heavy atom. The second kappa shape index (κ2) is 10.0. The normalized spacial score (nSPS) is 16.9. The highest BCUT2D eigenvalue weighted by Crippen LogP contribution is 2.37. The molecule has 0 bridgehead atoms. The van der Waals surface area contributed by atoms with Gasteiger partial charge < -0.3 is 20.9 Å². The van der Waals surface area contributed by atoms with Crippen molar-refractivity contribution in [1.82, 2.24) is 15.1 Å². The Balaban J connectivity index is 1.85. The maximum absolute atomic E-state index is 13.9. The highest BCUT2D eigenvalue weighted by molar-refractivity contribution is 6.31. The quantitative estimate of drug-likeness (QED) is 0.418.